The Morgan fingerprint density at radius 1 is 0.432 bits per heavy atom. The Labute approximate surface area is 866 Å². The Morgan fingerprint density at radius 2 is 0.811 bits per heavy atom. The van der Waals surface area contributed by atoms with Gasteiger partial charge in [0.25, 0.3) is 0 Å². The highest BCUT2D eigenvalue weighted by atomic mass is 32.2. The number of amides is 17. The third kappa shape index (κ3) is 41.7. The summed E-state index contributed by atoms with van der Waals surface area (Å²) >= 11 is 2.76. The van der Waals surface area contributed by atoms with Crippen LogP contribution in [0.25, 0.3) is 10.9 Å². The van der Waals surface area contributed by atoms with Crippen molar-refractivity contribution in [2.24, 2.45) is 28.7 Å². The molecule has 15 atom stereocenters. The number of carboxylic acid groups (broad SMARTS) is 1. The van der Waals surface area contributed by atoms with Crippen LogP contribution >= 0.6 is 23.5 Å². The highest BCUT2D eigenvalue weighted by Crippen LogP contribution is 2.25. The highest BCUT2D eigenvalue weighted by Gasteiger charge is 2.43. The number of nitrogens with one attached hydrogen (secondary N) is 19. The van der Waals surface area contributed by atoms with Gasteiger partial charge in [0.2, 0.25) is 100 Å². The van der Waals surface area contributed by atoms with E-state index in [4.69, 9.17) is 45.9 Å². The Hall–Kier alpha value is -15.2. The Bertz CT molecular complexity index is 5520. The number of guanidine groups is 2. The van der Waals surface area contributed by atoms with E-state index in [0.717, 1.165) is 0 Å². The number of aliphatic hydroxyl groups excluding tert-OH is 1. The van der Waals surface area contributed by atoms with E-state index in [9.17, 15) is 63.0 Å². The Balaban J connectivity index is 1.13. The van der Waals surface area contributed by atoms with E-state index in [1.54, 1.807) is 146 Å². The van der Waals surface area contributed by atoms with Crippen LogP contribution in [0.2, 0.25) is 0 Å². The van der Waals surface area contributed by atoms with Crippen molar-refractivity contribution >= 4 is 153 Å². The maximum atomic E-state index is 15.7. The van der Waals surface area contributed by atoms with E-state index in [1.807, 2.05) is 18.4 Å². The summed E-state index contributed by atoms with van der Waals surface area (Å²) in [5, 5.41) is 79.1. The molecule has 0 bridgehead atoms. The largest absolute Gasteiger partial charge is 0.481 e. The number of aromatic amines is 1. The van der Waals surface area contributed by atoms with Crippen LogP contribution in [0, 0.1) is 23.2 Å². The molecule has 5 aromatic carbocycles. The van der Waals surface area contributed by atoms with Crippen molar-refractivity contribution in [1.29, 1.82) is 10.8 Å². The van der Waals surface area contributed by atoms with Gasteiger partial charge in [-0.3, -0.25) is 97.1 Å². The van der Waals surface area contributed by atoms with Gasteiger partial charge in [-0.2, -0.15) is 23.5 Å². The van der Waals surface area contributed by atoms with Crippen molar-refractivity contribution in [3.63, 3.8) is 0 Å². The van der Waals surface area contributed by atoms with E-state index in [0.29, 0.717) is 50.9 Å². The minimum atomic E-state index is -1.99. The maximum absolute atomic E-state index is 15.7. The van der Waals surface area contributed by atoms with E-state index in [1.165, 1.54) is 35.3 Å². The summed E-state index contributed by atoms with van der Waals surface area (Å²) in [6.45, 7) is 0.363. The van der Waals surface area contributed by atoms with Crippen LogP contribution in [-0.2, 0) is 118 Å². The Morgan fingerprint density at radius 3 is 1.25 bits per heavy atom. The van der Waals surface area contributed by atoms with E-state index in [-0.39, 0.29) is 153 Å². The normalized spacial score (nSPS) is 14.9. The number of fused-ring (bicyclic) bond motifs is 1. The zero-order valence-corrected chi connectivity index (χ0v) is 84.7. The number of para-hydroxylation sites is 1. The molecule has 0 spiro atoms. The van der Waals surface area contributed by atoms with Gasteiger partial charge >= 0.3 is 5.97 Å². The van der Waals surface area contributed by atoms with Crippen LogP contribution in [0.1, 0.15) is 144 Å². The monoisotopic (exact) mass is 2090 g/mol. The second-order valence-corrected chi connectivity index (χ2v) is 37.6. The lowest BCUT2D eigenvalue weighted by Gasteiger charge is -2.31. The number of hydrogen-bond donors (Lipinski definition) is 26. The summed E-state index contributed by atoms with van der Waals surface area (Å²) in [4.78, 5) is 262. The molecule has 0 saturated carbocycles. The lowest BCUT2D eigenvalue weighted by molar-refractivity contribution is -0.142. The van der Waals surface area contributed by atoms with Crippen LogP contribution in [0.15, 0.2) is 152 Å². The molecule has 0 radical (unpaired) electrons. The number of unbranched alkanes of at least 4 members (excludes halogenated alkanes) is 2. The first-order valence-corrected chi connectivity index (χ1v) is 51.6. The number of aliphatic carboxylic acids is 1. The molecule has 1 aromatic heterocycles. The number of thioether (sulfide) groups is 2. The van der Waals surface area contributed by atoms with Gasteiger partial charge in [0.15, 0.2) is 11.9 Å². The van der Waals surface area contributed by atoms with Gasteiger partial charge in [-0.25, -0.2) is 0 Å². The van der Waals surface area contributed by atoms with Gasteiger partial charge in [0, 0.05) is 88.1 Å². The number of nitrogens with zero attached hydrogens (tertiary/aromatic N) is 1. The minimum Gasteiger partial charge on any atom is -0.481 e. The molecule has 1 aliphatic rings. The molecule has 7 rings (SSSR count). The first-order chi connectivity index (χ1) is 70.9. The van der Waals surface area contributed by atoms with Gasteiger partial charge in [0.1, 0.15) is 90.6 Å². The van der Waals surface area contributed by atoms with E-state index < -0.39 is 229 Å². The smallest absolute Gasteiger partial charge is 0.305 e. The fourth-order valence-electron chi connectivity index (χ4n) is 16.3. The van der Waals surface area contributed by atoms with Crippen LogP contribution in [0.4, 0.5) is 0 Å². The molecule has 6 aromatic rings. The van der Waals surface area contributed by atoms with Gasteiger partial charge in [-0.15, -0.1) is 12.3 Å². The number of nitrogens with two attached hydrogens (primary N) is 5. The maximum Gasteiger partial charge on any atom is 0.305 e. The number of hydrogen-bond acceptors (Lipinski definition) is 24. The van der Waals surface area contributed by atoms with E-state index >= 15 is 33.6 Å². The molecule has 0 aliphatic carbocycles. The summed E-state index contributed by atoms with van der Waals surface area (Å²) < 4.78 is 0. The van der Waals surface area contributed by atoms with Gasteiger partial charge < -0.3 is 134 Å². The van der Waals surface area contributed by atoms with Crippen molar-refractivity contribution in [3.05, 3.63) is 180 Å². The summed E-state index contributed by atoms with van der Waals surface area (Å²) in [6.07, 6.45) is 8.37. The van der Waals surface area contributed by atoms with Crippen molar-refractivity contribution in [2.75, 3.05) is 56.8 Å². The predicted octanol–water partition coefficient (Wildman–Crippen LogP) is -2.34. The summed E-state index contributed by atoms with van der Waals surface area (Å²) in [5.41, 5.74) is 31.6. The number of terminal acetylenes is 1. The molecular formula is C101H139N25O20S2. The van der Waals surface area contributed by atoms with Crippen LogP contribution in [-0.4, -0.2) is 286 Å². The number of H-pyrrole nitrogens is 1. The SMILES string of the molecule is C#CCCCC(=O)N[C@@H](CCCNC(=N)N)C(=O)N[C@@H](CC(=O)O)C(=O)N[C@@H](Cc1ccccc1)C(=O)N[C@@H](CCC(N)=O)C(=O)N[C@@H](CO)C(=O)N[C@@H](Cc1ccccc1)C(=O)N[C@@H](CCCNC(=N)N)C(=O)N[C@@H](CCCCN)C(=O)N[C@@H](CCSC)C(=O)N[C@@H](Cc1c[nH]c2ccccc12)C(=O)N1CCC[C@H]1C(=O)N[C@@H](Cc1ccccc1)C(=O)N[C@@H](Cc1ccccc1)C(=O)N[C@@H](C)C(=O)N[C@@H](CCSC)C(N)=O. The second kappa shape index (κ2) is 64.0. The number of primary amides is 2. The van der Waals surface area contributed by atoms with Crippen LogP contribution < -0.4 is 114 Å². The van der Waals surface area contributed by atoms with Crippen molar-refractivity contribution < 1.29 is 96.5 Å². The number of benzene rings is 5. The molecule has 1 aliphatic heterocycles. The predicted molar refractivity (Wildman–Crippen MR) is 557 cm³/mol. The number of rotatable bonds is 66. The zero-order chi connectivity index (χ0) is 108. The van der Waals surface area contributed by atoms with Crippen LogP contribution in [0.5, 0.6) is 0 Å². The van der Waals surface area contributed by atoms with Crippen molar-refractivity contribution in [3.8, 4) is 12.3 Å². The average molecular weight is 2090 g/mol. The second-order valence-electron chi connectivity index (χ2n) is 35.7. The summed E-state index contributed by atoms with van der Waals surface area (Å²) in [6, 6.07) is 17.8. The molecule has 0 unspecified atom stereocenters. The van der Waals surface area contributed by atoms with Gasteiger partial charge in [-0.1, -0.05) is 140 Å². The molecule has 2 heterocycles. The molecular weight excluding hydrogens is 1950 g/mol. The number of aliphatic hydroxyl groups is 1. The fourth-order valence-corrected chi connectivity index (χ4v) is 17.2. The minimum absolute atomic E-state index is 0.00260. The molecule has 148 heavy (non-hydrogen) atoms. The average Bonchev–Trinajstić information content (AvgIpc) is 1.65. The van der Waals surface area contributed by atoms with Crippen molar-refractivity contribution in [1.82, 2.24) is 95.0 Å². The molecule has 1 saturated heterocycles. The summed E-state index contributed by atoms with van der Waals surface area (Å²) in [5.74, 6) is -15.0. The quantitative estimate of drug-likeness (QED) is 0.00823. The summed E-state index contributed by atoms with van der Waals surface area (Å²) in [7, 11) is 0. The lowest BCUT2D eigenvalue weighted by atomic mass is 10.0. The first kappa shape index (κ1) is 120. The number of likely N-dealkylation sites (tertiary alicyclic amines) is 1. The molecule has 31 N–H and O–H groups in total. The molecule has 47 heteroatoms. The Kier molecular flexibility index (Phi) is 51.7. The molecule has 17 amide bonds. The number of aromatic nitrogens is 1. The van der Waals surface area contributed by atoms with Gasteiger partial charge in [0.05, 0.1) is 13.0 Å². The third-order valence-electron chi connectivity index (χ3n) is 24.2. The number of carbonyl (C=O) groups is 18. The first-order valence-electron chi connectivity index (χ1n) is 48.9. The molecule has 1 fully saturated rings. The van der Waals surface area contributed by atoms with E-state index in [2.05, 4.69) is 96.0 Å². The number of carboxylic acids is 1. The van der Waals surface area contributed by atoms with Crippen molar-refractivity contribution in [2.45, 2.75) is 239 Å². The molecule has 800 valence electrons. The highest BCUT2D eigenvalue weighted by molar-refractivity contribution is 7.98. The topological polar surface area (TPSA) is 737 Å². The lowest BCUT2D eigenvalue weighted by Crippen LogP contribution is -2.61. The fraction of sp³-hybridized carbons (Fsp3) is 0.465. The van der Waals surface area contributed by atoms with Crippen LogP contribution in [0.3, 0.4) is 0 Å². The van der Waals surface area contributed by atoms with Gasteiger partial charge in [-0.05, 0) is 155 Å². The third-order valence-corrected chi connectivity index (χ3v) is 25.5. The standard InChI is InChI=1S/C101H139N25O20S2/c1-5-6-11-41-83(129)113-69(38-24-47-109-100(105)106)87(134)122-78(57-84(130)131)96(143)120-75(53-62-29-14-8-15-30-62)94(141)117-72(42-43-82(103)128)90(137)125-80(59-127)97(144)121-76(54-63-31-16-9-17-32-63)93(140)116-71(39-25-48-110-101(107)108)89(136)115-70(37-22-23-46-102)88(135)118-73(45-51-148-4)91(138)124-79(56-65-58-111-67-36-21-20-35-66(65)67)99(146)126-49-26-40-81(126)98(145)123-77(55-64-33-18-10-19-34-64)95(142)119-74(52-61-27-12-7-13-28-61)92(139)112-60(2)86(133)114-68(85(104)132)44-50-147-3/h1,7-10,12-21,27-36,58,60,68-81,111,127H,6,11,22-26,37-57,59,102H2,2-4H3,(H2,103,128)(H2,104,132)(H,112,139)(H,113,129)(H,114,133)(H,115,136)(H,116,140)(H,117,141)(H,118,135)(H,119,142)(H,120,143)(H,121,144)(H,122,134)(H,123,145)(H,124,138)(H,125,137)(H,130,131)(H4,105,106,109)(H4,107,108,110)/t60-,68-,69-,70-,71-,72-,73-,74-,75-,76-,77-,78-,79-,80-,81-/m0/s1. The number of carbonyl (C=O) groups excluding carboxylic acids is 17. The zero-order valence-electron chi connectivity index (χ0n) is 83.1. The molecule has 45 nitrogen and oxygen atoms in total.